The summed E-state index contributed by atoms with van der Waals surface area (Å²) in [6.45, 7) is 5.89. The lowest BCUT2D eigenvalue weighted by Crippen LogP contribution is -2.22. The second-order valence-electron chi connectivity index (χ2n) is 2.63. The number of ether oxygens (including phenoxy) is 4. The minimum atomic E-state index is -0.479. The van der Waals surface area contributed by atoms with E-state index in [-0.39, 0.29) is 6.10 Å². The van der Waals surface area contributed by atoms with Crippen LogP contribution in [0.3, 0.4) is 0 Å². The fourth-order valence-electron chi connectivity index (χ4n) is 0.980. The van der Waals surface area contributed by atoms with E-state index in [2.05, 4.69) is 0 Å². The molecule has 0 aromatic rings. The first-order chi connectivity index (χ1) is 5.83. The van der Waals surface area contributed by atoms with Crippen molar-refractivity contribution in [3.05, 3.63) is 0 Å². The van der Waals surface area contributed by atoms with E-state index in [1.807, 2.05) is 13.8 Å². The van der Waals surface area contributed by atoms with Crippen molar-refractivity contribution in [3.63, 3.8) is 0 Å². The van der Waals surface area contributed by atoms with Crippen LogP contribution in [0.15, 0.2) is 0 Å². The Labute approximate surface area is 72.7 Å². The van der Waals surface area contributed by atoms with Crippen molar-refractivity contribution in [2.45, 2.75) is 26.4 Å². The predicted octanol–water partition coefficient (Wildman–Crippen LogP) is 0.758. The van der Waals surface area contributed by atoms with Gasteiger partial charge in [0.15, 0.2) is 0 Å². The molecule has 0 amide bonds. The Morgan fingerprint density at radius 3 is 2.67 bits per heavy atom. The van der Waals surface area contributed by atoms with Gasteiger partial charge in [-0.15, -0.1) is 0 Å². The SMILES string of the molecule is CCOC(C)COC1OCCO1. The van der Waals surface area contributed by atoms with E-state index < -0.39 is 6.48 Å². The summed E-state index contributed by atoms with van der Waals surface area (Å²) in [5.74, 6) is 0. The molecule has 0 saturated carbocycles. The van der Waals surface area contributed by atoms with Gasteiger partial charge in [-0.1, -0.05) is 0 Å². The van der Waals surface area contributed by atoms with Gasteiger partial charge in [-0.2, -0.15) is 0 Å². The molecule has 1 heterocycles. The molecule has 4 nitrogen and oxygen atoms in total. The first kappa shape index (κ1) is 9.92. The molecule has 0 aliphatic carbocycles. The predicted molar refractivity (Wildman–Crippen MR) is 42.7 cm³/mol. The van der Waals surface area contributed by atoms with Crippen LogP contribution in [0.2, 0.25) is 0 Å². The van der Waals surface area contributed by atoms with Crippen LogP contribution in [0.5, 0.6) is 0 Å². The van der Waals surface area contributed by atoms with Crippen LogP contribution >= 0.6 is 0 Å². The standard InChI is InChI=1S/C8H16O4/c1-3-9-7(2)6-12-8-10-4-5-11-8/h7-8H,3-6H2,1-2H3. The number of rotatable bonds is 5. The third-order valence-electron chi connectivity index (χ3n) is 1.51. The van der Waals surface area contributed by atoms with Gasteiger partial charge in [0, 0.05) is 6.61 Å². The van der Waals surface area contributed by atoms with E-state index in [9.17, 15) is 0 Å². The normalized spacial score (nSPS) is 21.5. The fourth-order valence-corrected chi connectivity index (χ4v) is 0.980. The second-order valence-corrected chi connectivity index (χ2v) is 2.63. The maximum absolute atomic E-state index is 5.27. The lowest BCUT2D eigenvalue weighted by Gasteiger charge is -2.14. The number of hydrogen-bond acceptors (Lipinski definition) is 4. The smallest absolute Gasteiger partial charge is 0.271 e. The Morgan fingerprint density at radius 1 is 1.42 bits per heavy atom. The molecule has 0 aromatic carbocycles. The summed E-state index contributed by atoms with van der Waals surface area (Å²) in [4.78, 5) is 0. The van der Waals surface area contributed by atoms with Crippen molar-refractivity contribution in [2.24, 2.45) is 0 Å². The Morgan fingerprint density at radius 2 is 2.08 bits per heavy atom. The summed E-state index contributed by atoms with van der Waals surface area (Å²) < 4.78 is 20.7. The highest BCUT2D eigenvalue weighted by atomic mass is 16.9. The van der Waals surface area contributed by atoms with E-state index in [1.54, 1.807) is 0 Å². The van der Waals surface area contributed by atoms with Crippen molar-refractivity contribution in [1.29, 1.82) is 0 Å². The summed E-state index contributed by atoms with van der Waals surface area (Å²) >= 11 is 0. The molecule has 12 heavy (non-hydrogen) atoms. The largest absolute Gasteiger partial charge is 0.376 e. The zero-order chi connectivity index (χ0) is 8.81. The molecule has 72 valence electrons. The molecule has 1 atom stereocenters. The first-order valence-corrected chi connectivity index (χ1v) is 4.29. The van der Waals surface area contributed by atoms with E-state index in [0.717, 1.165) is 0 Å². The molecule has 1 unspecified atom stereocenters. The van der Waals surface area contributed by atoms with Crippen LogP contribution in [0.25, 0.3) is 0 Å². The highest BCUT2D eigenvalue weighted by Gasteiger charge is 2.17. The van der Waals surface area contributed by atoms with Crippen LogP contribution < -0.4 is 0 Å². The molecule has 1 aliphatic heterocycles. The van der Waals surface area contributed by atoms with Crippen molar-refractivity contribution in [1.82, 2.24) is 0 Å². The van der Waals surface area contributed by atoms with Gasteiger partial charge < -0.3 is 18.9 Å². The Kier molecular flexibility index (Phi) is 4.53. The summed E-state index contributed by atoms with van der Waals surface area (Å²) in [6, 6.07) is 0. The van der Waals surface area contributed by atoms with E-state index in [0.29, 0.717) is 26.4 Å². The lowest BCUT2D eigenvalue weighted by molar-refractivity contribution is -0.240. The summed E-state index contributed by atoms with van der Waals surface area (Å²) in [6.07, 6.45) is 0.0998. The maximum atomic E-state index is 5.27. The van der Waals surface area contributed by atoms with Crippen molar-refractivity contribution in [3.8, 4) is 0 Å². The zero-order valence-electron chi connectivity index (χ0n) is 7.62. The molecule has 0 spiro atoms. The highest BCUT2D eigenvalue weighted by Crippen LogP contribution is 2.05. The topological polar surface area (TPSA) is 36.9 Å². The van der Waals surface area contributed by atoms with Gasteiger partial charge in [-0.05, 0) is 13.8 Å². The summed E-state index contributed by atoms with van der Waals surface area (Å²) in [5, 5.41) is 0. The number of hydrogen-bond donors (Lipinski definition) is 0. The minimum Gasteiger partial charge on any atom is -0.376 e. The van der Waals surface area contributed by atoms with E-state index in [1.165, 1.54) is 0 Å². The molecule has 0 radical (unpaired) electrons. The van der Waals surface area contributed by atoms with Gasteiger partial charge in [0.2, 0.25) is 0 Å². The van der Waals surface area contributed by atoms with Gasteiger partial charge in [0.1, 0.15) is 0 Å². The van der Waals surface area contributed by atoms with Crippen LogP contribution in [0.1, 0.15) is 13.8 Å². The summed E-state index contributed by atoms with van der Waals surface area (Å²) in [7, 11) is 0. The van der Waals surface area contributed by atoms with Gasteiger partial charge in [0.05, 0.1) is 25.9 Å². The molecular formula is C8H16O4. The van der Waals surface area contributed by atoms with Gasteiger partial charge in [0.25, 0.3) is 6.48 Å². The Balaban J connectivity index is 1.99. The zero-order valence-corrected chi connectivity index (χ0v) is 7.62. The molecule has 1 rings (SSSR count). The third kappa shape index (κ3) is 3.49. The lowest BCUT2D eigenvalue weighted by atomic mass is 10.4. The average molecular weight is 176 g/mol. The van der Waals surface area contributed by atoms with Crippen LogP contribution in [-0.4, -0.2) is 39.0 Å². The third-order valence-corrected chi connectivity index (χ3v) is 1.51. The Hall–Kier alpha value is -0.160. The fraction of sp³-hybridized carbons (Fsp3) is 1.00. The monoisotopic (exact) mass is 176 g/mol. The molecule has 4 heteroatoms. The second kappa shape index (κ2) is 5.48. The molecule has 1 aliphatic rings. The van der Waals surface area contributed by atoms with Crippen molar-refractivity contribution < 1.29 is 18.9 Å². The van der Waals surface area contributed by atoms with E-state index in [4.69, 9.17) is 18.9 Å². The molecule has 0 N–H and O–H groups in total. The van der Waals surface area contributed by atoms with Gasteiger partial charge >= 0.3 is 0 Å². The van der Waals surface area contributed by atoms with Crippen molar-refractivity contribution in [2.75, 3.05) is 26.4 Å². The van der Waals surface area contributed by atoms with Gasteiger partial charge in [-0.3, -0.25) is 0 Å². The molecule has 1 saturated heterocycles. The Bertz CT molecular complexity index is 112. The quantitative estimate of drug-likeness (QED) is 0.619. The minimum absolute atomic E-state index is 0.0998. The summed E-state index contributed by atoms with van der Waals surface area (Å²) in [5.41, 5.74) is 0. The maximum Gasteiger partial charge on any atom is 0.271 e. The van der Waals surface area contributed by atoms with E-state index >= 15 is 0 Å². The molecule has 1 fully saturated rings. The van der Waals surface area contributed by atoms with Crippen molar-refractivity contribution >= 4 is 0 Å². The molecule has 0 bridgehead atoms. The first-order valence-electron chi connectivity index (χ1n) is 4.29. The van der Waals surface area contributed by atoms with Gasteiger partial charge in [-0.25, -0.2) is 0 Å². The molecular weight excluding hydrogens is 160 g/mol. The average Bonchev–Trinajstić information content (AvgIpc) is 2.53. The highest BCUT2D eigenvalue weighted by molar-refractivity contribution is 4.47. The van der Waals surface area contributed by atoms with Crippen LogP contribution in [0.4, 0.5) is 0 Å². The van der Waals surface area contributed by atoms with Crippen LogP contribution in [0, 0.1) is 0 Å². The molecule has 0 aromatic heterocycles. The van der Waals surface area contributed by atoms with Crippen LogP contribution in [-0.2, 0) is 18.9 Å².